The van der Waals surface area contributed by atoms with Gasteiger partial charge in [-0.15, -0.1) is 0 Å². The van der Waals surface area contributed by atoms with Gasteiger partial charge in [-0.25, -0.2) is 13.1 Å². The van der Waals surface area contributed by atoms with Gasteiger partial charge in [0.2, 0.25) is 10.0 Å². The van der Waals surface area contributed by atoms with Gasteiger partial charge >= 0.3 is 0 Å². The summed E-state index contributed by atoms with van der Waals surface area (Å²) in [6, 6.07) is 6.41. The van der Waals surface area contributed by atoms with Crippen LogP contribution in [0.3, 0.4) is 0 Å². The zero-order chi connectivity index (χ0) is 14.3. The minimum absolute atomic E-state index is 0.123. The van der Waals surface area contributed by atoms with Gasteiger partial charge in [-0.1, -0.05) is 26.0 Å². The number of nitrogen functional groups attached to an aromatic ring is 1. The Bertz CT molecular complexity index is 486. The van der Waals surface area contributed by atoms with Crippen LogP contribution in [0.5, 0.6) is 0 Å². The lowest BCUT2D eigenvalue weighted by Gasteiger charge is -2.09. The molecule has 0 amide bonds. The Kier molecular flexibility index (Phi) is 6.27. The molecule has 1 rings (SSSR count). The Balaban J connectivity index is 2.38. The normalized spacial score (nSPS) is 11.9. The predicted octanol–water partition coefficient (Wildman–Crippen LogP) is 1.61. The monoisotopic (exact) mass is 286 g/mol. The van der Waals surface area contributed by atoms with Crippen LogP contribution in [0.25, 0.3) is 0 Å². The van der Waals surface area contributed by atoms with Crippen molar-refractivity contribution in [3.05, 3.63) is 24.3 Å². The van der Waals surface area contributed by atoms with E-state index in [1.165, 1.54) is 6.07 Å². The summed E-state index contributed by atoms with van der Waals surface area (Å²) in [4.78, 5) is 0.123. The van der Waals surface area contributed by atoms with E-state index in [0.717, 1.165) is 0 Å². The second kappa shape index (κ2) is 7.47. The van der Waals surface area contributed by atoms with Crippen LogP contribution in [0, 0.1) is 5.92 Å². The molecule has 1 aromatic rings. The van der Waals surface area contributed by atoms with E-state index >= 15 is 0 Å². The van der Waals surface area contributed by atoms with E-state index in [2.05, 4.69) is 18.6 Å². The van der Waals surface area contributed by atoms with Crippen molar-refractivity contribution in [2.24, 2.45) is 5.92 Å². The van der Waals surface area contributed by atoms with Gasteiger partial charge in [0.25, 0.3) is 0 Å². The molecule has 0 spiro atoms. The standard InChI is InChI=1S/C13H22N2O3S/c1-11(2)10-18-9-5-8-15-19(16,17)13-7-4-3-6-12(13)14/h3-4,6-7,11,15H,5,8-10,14H2,1-2H3. The molecule has 6 heteroatoms. The average Bonchev–Trinajstić information content (AvgIpc) is 2.33. The van der Waals surface area contributed by atoms with Crippen LogP contribution in [0.1, 0.15) is 20.3 Å². The van der Waals surface area contributed by atoms with Crippen LogP contribution >= 0.6 is 0 Å². The van der Waals surface area contributed by atoms with Crippen molar-refractivity contribution in [3.63, 3.8) is 0 Å². The van der Waals surface area contributed by atoms with Crippen molar-refractivity contribution in [2.75, 3.05) is 25.5 Å². The molecular formula is C13H22N2O3S. The van der Waals surface area contributed by atoms with Crippen LogP contribution in [-0.2, 0) is 14.8 Å². The summed E-state index contributed by atoms with van der Waals surface area (Å²) >= 11 is 0. The maximum Gasteiger partial charge on any atom is 0.242 e. The number of rotatable bonds is 8. The van der Waals surface area contributed by atoms with Crippen LogP contribution < -0.4 is 10.5 Å². The third kappa shape index (κ3) is 5.59. The van der Waals surface area contributed by atoms with Gasteiger partial charge in [-0.05, 0) is 24.5 Å². The number of anilines is 1. The van der Waals surface area contributed by atoms with Gasteiger partial charge in [0.05, 0.1) is 5.69 Å². The number of hydrogen-bond donors (Lipinski definition) is 2. The molecule has 0 aliphatic carbocycles. The minimum Gasteiger partial charge on any atom is -0.398 e. The van der Waals surface area contributed by atoms with Crippen LogP contribution in [0.15, 0.2) is 29.2 Å². The van der Waals surface area contributed by atoms with Gasteiger partial charge in [0.15, 0.2) is 0 Å². The van der Waals surface area contributed by atoms with Gasteiger partial charge in [-0.2, -0.15) is 0 Å². The smallest absolute Gasteiger partial charge is 0.242 e. The number of ether oxygens (including phenoxy) is 1. The SMILES string of the molecule is CC(C)COCCCNS(=O)(=O)c1ccccc1N. The van der Waals surface area contributed by atoms with Crippen molar-refractivity contribution in [2.45, 2.75) is 25.2 Å². The van der Waals surface area contributed by atoms with Crippen molar-refractivity contribution in [1.29, 1.82) is 0 Å². The summed E-state index contributed by atoms with van der Waals surface area (Å²) in [6.07, 6.45) is 0.638. The average molecular weight is 286 g/mol. The van der Waals surface area contributed by atoms with Gasteiger partial charge in [-0.3, -0.25) is 0 Å². The third-order valence-corrected chi connectivity index (χ3v) is 3.95. The molecule has 1 aromatic carbocycles. The number of para-hydroxylation sites is 1. The molecule has 0 aliphatic heterocycles. The Morgan fingerprint density at radius 3 is 2.63 bits per heavy atom. The van der Waals surface area contributed by atoms with E-state index in [4.69, 9.17) is 10.5 Å². The fraction of sp³-hybridized carbons (Fsp3) is 0.538. The van der Waals surface area contributed by atoms with Gasteiger partial charge in [0.1, 0.15) is 4.90 Å². The Morgan fingerprint density at radius 1 is 1.32 bits per heavy atom. The highest BCUT2D eigenvalue weighted by atomic mass is 32.2. The van der Waals surface area contributed by atoms with Crippen molar-refractivity contribution >= 4 is 15.7 Å². The largest absolute Gasteiger partial charge is 0.398 e. The first kappa shape index (κ1) is 15.9. The Morgan fingerprint density at radius 2 is 2.00 bits per heavy atom. The molecule has 0 fully saturated rings. The first-order chi connectivity index (χ1) is 8.93. The molecule has 0 saturated heterocycles. The topological polar surface area (TPSA) is 81.4 Å². The number of nitrogens with one attached hydrogen (secondary N) is 1. The van der Waals surface area contributed by atoms with Crippen molar-refractivity contribution < 1.29 is 13.2 Å². The molecule has 0 unspecified atom stereocenters. The molecule has 108 valence electrons. The molecule has 0 radical (unpaired) electrons. The molecule has 0 atom stereocenters. The third-order valence-electron chi connectivity index (χ3n) is 2.42. The molecule has 3 N–H and O–H groups in total. The van der Waals surface area contributed by atoms with E-state index in [1.54, 1.807) is 18.2 Å². The summed E-state index contributed by atoms with van der Waals surface area (Å²) in [6.45, 7) is 5.72. The summed E-state index contributed by atoms with van der Waals surface area (Å²) < 4.78 is 31.8. The summed E-state index contributed by atoms with van der Waals surface area (Å²) in [7, 11) is -3.53. The molecule has 0 heterocycles. The number of sulfonamides is 1. The molecular weight excluding hydrogens is 264 g/mol. The van der Waals surface area contributed by atoms with E-state index in [9.17, 15) is 8.42 Å². The van der Waals surface area contributed by atoms with E-state index in [0.29, 0.717) is 32.1 Å². The quantitative estimate of drug-likeness (QED) is 0.562. The highest BCUT2D eigenvalue weighted by Crippen LogP contribution is 2.16. The van der Waals surface area contributed by atoms with Gasteiger partial charge in [0, 0.05) is 19.8 Å². The molecule has 5 nitrogen and oxygen atoms in total. The van der Waals surface area contributed by atoms with E-state index in [-0.39, 0.29) is 10.6 Å². The molecule has 19 heavy (non-hydrogen) atoms. The zero-order valence-corrected chi connectivity index (χ0v) is 12.2. The minimum atomic E-state index is -3.53. The molecule has 0 aromatic heterocycles. The zero-order valence-electron chi connectivity index (χ0n) is 11.4. The van der Waals surface area contributed by atoms with E-state index in [1.807, 2.05) is 0 Å². The second-order valence-corrected chi connectivity index (χ2v) is 6.49. The van der Waals surface area contributed by atoms with Crippen LogP contribution in [0.4, 0.5) is 5.69 Å². The first-order valence-electron chi connectivity index (χ1n) is 6.35. The highest BCUT2D eigenvalue weighted by molar-refractivity contribution is 7.89. The molecule has 0 saturated carbocycles. The maximum atomic E-state index is 12.0. The first-order valence-corrected chi connectivity index (χ1v) is 7.83. The van der Waals surface area contributed by atoms with Crippen LogP contribution in [0.2, 0.25) is 0 Å². The fourth-order valence-electron chi connectivity index (χ4n) is 1.50. The summed E-state index contributed by atoms with van der Waals surface area (Å²) in [5.41, 5.74) is 5.90. The molecule has 0 bridgehead atoms. The summed E-state index contributed by atoms with van der Waals surface area (Å²) in [5, 5.41) is 0. The van der Waals surface area contributed by atoms with Crippen molar-refractivity contribution in [1.82, 2.24) is 4.72 Å². The predicted molar refractivity (Wildman–Crippen MR) is 76.3 cm³/mol. The summed E-state index contributed by atoms with van der Waals surface area (Å²) in [5.74, 6) is 0.487. The highest BCUT2D eigenvalue weighted by Gasteiger charge is 2.15. The number of nitrogens with two attached hydrogens (primary N) is 1. The lowest BCUT2D eigenvalue weighted by molar-refractivity contribution is 0.108. The Hall–Kier alpha value is -1.11. The second-order valence-electron chi connectivity index (χ2n) is 4.76. The van der Waals surface area contributed by atoms with E-state index < -0.39 is 10.0 Å². The van der Waals surface area contributed by atoms with Crippen molar-refractivity contribution in [3.8, 4) is 0 Å². The maximum absolute atomic E-state index is 12.0. The molecule has 0 aliphatic rings. The number of hydrogen-bond acceptors (Lipinski definition) is 4. The number of benzene rings is 1. The van der Waals surface area contributed by atoms with Gasteiger partial charge < -0.3 is 10.5 Å². The fourth-order valence-corrected chi connectivity index (χ4v) is 2.71. The lowest BCUT2D eigenvalue weighted by Crippen LogP contribution is -2.26. The Labute approximate surface area is 115 Å². The van der Waals surface area contributed by atoms with Crippen LogP contribution in [-0.4, -0.2) is 28.2 Å². The lowest BCUT2D eigenvalue weighted by atomic mass is 10.2.